The molecule has 2 unspecified atom stereocenters. The lowest BCUT2D eigenvalue weighted by Crippen LogP contribution is -2.53. The van der Waals surface area contributed by atoms with Gasteiger partial charge in [0.25, 0.3) is 5.91 Å². The van der Waals surface area contributed by atoms with Gasteiger partial charge in [-0.2, -0.15) is 0 Å². The highest BCUT2D eigenvalue weighted by Crippen LogP contribution is 2.28. The molecule has 1 amide bonds. The summed E-state index contributed by atoms with van der Waals surface area (Å²) in [5.41, 5.74) is 0.300. The molecule has 23 heavy (non-hydrogen) atoms. The Kier molecular flexibility index (Phi) is 5.45. The van der Waals surface area contributed by atoms with Crippen LogP contribution in [0.25, 0.3) is 0 Å². The minimum atomic E-state index is -1.13. The second-order valence-corrected chi connectivity index (χ2v) is 7.15. The van der Waals surface area contributed by atoms with Gasteiger partial charge in [-0.3, -0.25) is 4.79 Å². The second kappa shape index (κ2) is 7.16. The van der Waals surface area contributed by atoms with Crippen molar-refractivity contribution in [3.8, 4) is 0 Å². The molecule has 1 aromatic carbocycles. The number of nitrogens with one attached hydrogen (secondary N) is 1. The van der Waals surface area contributed by atoms with Crippen LogP contribution in [0.1, 0.15) is 62.9 Å². The molecule has 1 heterocycles. The van der Waals surface area contributed by atoms with Crippen LogP contribution in [0.5, 0.6) is 0 Å². The summed E-state index contributed by atoms with van der Waals surface area (Å²) < 4.78 is 5.45. The number of ether oxygens (including phenoxy) is 1. The van der Waals surface area contributed by atoms with E-state index in [-0.39, 0.29) is 11.9 Å². The number of hydrogen-bond acceptors (Lipinski definition) is 3. The highest BCUT2D eigenvalue weighted by atomic mass is 16.6. The van der Waals surface area contributed by atoms with Crippen LogP contribution < -0.4 is 5.32 Å². The fourth-order valence-corrected chi connectivity index (χ4v) is 2.94. The zero-order valence-corrected chi connectivity index (χ0v) is 14.5. The molecule has 1 N–H and O–H groups in total. The molecule has 1 aliphatic heterocycles. The molecule has 1 aromatic rings. The highest BCUT2D eigenvalue weighted by molar-refractivity contribution is 5.97. The fourth-order valence-electron chi connectivity index (χ4n) is 2.94. The van der Waals surface area contributed by atoms with Crippen molar-refractivity contribution in [2.75, 3.05) is 0 Å². The molecule has 0 spiro atoms. The Labute approximate surface area is 138 Å². The first-order valence-electron chi connectivity index (χ1n) is 8.44. The normalized spacial score (nSPS) is 21.5. The first kappa shape index (κ1) is 17.5. The number of rotatable bonds is 6. The van der Waals surface area contributed by atoms with E-state index >= 15 is 0 Å². The van der Waals surface area contributed by atoms with Gasteiger partial charge in [-0.05, 0) is 37.8 Å². The average Bonchev–Trinajstić information content (AvgIpc) is 2.46. The summed E-state index contributed by atoms with van der Waals surface area (Å²) in [6.45, 7) is 8.09. The van der Waals surface area contributed by atoms with Crippen LogP contribution in [0.4, 0.5) is 0 Å². The maximum Gasteiger partial charge on any atom is 0.339 e. The van der Waals surface area contributed by atoms with E-state index < -0.39 is 11.6 Å². The molecule has 2 rings (SSSR count). The number of amides is 1. The SMILES string of the molecule is CC(C)CCCC(C)NC(=O)C1(C)Cc2ccccc2C(=O)O1. The van der Waals surface area contributed by atoms with Crippen molar-refractivity contribution in [1.29, 1.82) is 0 Å². The summed E-state index contributed by atoms with van der Waals surface area (Å²) in [6.07, 6.45) is 3.59. The van der Waals surface area contributed by atoms with Crippen LogP contribution in [0.3, 0.4) is 0 Å². The van der Waals surface area contributed by atoms with E-state index in [0.717, 1.165) is 24.8 Å². The van der Waals surface area contributed by atoms with Gasteiger partial charge in [0.1, 0.15) is 0 Å². The van der Waals surface area contributed by atoms with Crippen molar-refractivity contribution < 1.29 is 14.3 Å². The molecule has 2 atom stereocenters. The smallest absolute Gasteiger partial charge is 0.339 e. The minimum Gasteiger partial charge on any atom is -0.445 e. The average molecular weight is 317 g/mol. The van der Waals surface area contributed by atoms with Crippen LogP contribution in [0.15, 0.2) is 24.3 Å². The van der Waals surface area contributed by atoms with Crippen molar-refractivity contribution in [3.63, 3.8) is 0 Å². The fraction of sp³-hybridized carbons (Fsp3) is 0.579. The standard InChI is InChI=1S/C19H27NO3/c1-13(2)8-7-9-14(3)20-18(22)19(4)12-15-10-5-6-11-16(15)17(21)23-19/h5-6,10-11,13-14H,7-9,12H2,1-4H3,(H,20,22). The number of benzene rings is 1. The molecule has 4 nitrogen and oxygen atoms in total. The van der Waals surface area contributed by atoms with Crippen molar-refractivity contribution in [2.24, 2.45) is 5.92 Å². The molecule has 0 bridgehead atoms. The molecule has 0 fully saturated rings. The Morgan fingerprint density at radius 2 is 1.96 bits per heavy atom. The van der Waals surface area contributed by atoms with Gasteiger partial charge in [-0.15, -0.1) is 0 Å². The number of fused-ring (bicyclic) bond motifs is 1. The molecule has 0 radical (unpaired) electrons. The lowest BCUT2D eigenvalue weighted by Gasteiger charge is -2.34. The summed E-state index contributed by atoms with van der Waals surface area (Å²) >= 11 is 0. The summed E-state index contributed by atoms with van der Waals surface area (Å²) in [6, 6.07) is 7.38. The largest absolute Gasteiger partial charge is 0.445 e. The monoisotopic (exact) mass is 317 g/mol. The Morgan fingerprint density at radius 3 is 2.65 bits per heavy atom. The molecule has 0 saturated carbocycles. The molecule has 0 saturated heterocycles. The van der Waals surface area contributed by atoms with E-state index in [9.17, 15) is 9.59 Å². The summed E-state index contributed by atoms with van der Waals surface area (Å²) in [7, 11) is 0. The van der Waals surface area contributed by atoms with Crippen molar-refractivity contribution in [1.82, 2.24) is 5.32 Å². The third kappa shape index (κ3) is 4.34. The first-order valence-corrected chi connectivity index (χ1v) is 8.44. The van der Waals surface area contributed by atoms with Gasteiger partial charge in [0.05, 0.1) is 5.56 Å². The molecule has 1 aliphatic rings. The van der Waals surface area contributed by atoms with Gasteiger partial charge < -0.3 is 10.1 Å². The predicted octanol–water partition coefficient (Wildman–Crippen LogP) is 3.49. The Bertz CT molecular complexity index is 582. The zero-order chi connectivity index (χ0) is 17.0. The quantitative estimate of drug-likeness (QED) is 0.817. The highest BCUT2D eigenvalue weighted by Gasteiger charge is 2.42. The molecule has 0 aliphatic carbocycles. The maximum atomic E-state index is 12.6. The number of esters is 1. The van der Waals surface area contributed by atoms with Crippen LogP contribution in [0.2, 0.25) is 0 Å². The van der Waals surface area contributed by atoms with Crippen LogP contribution >= 0.6 is 0 Å². The van der Waals surface area contributed by atoms with Gasteiger partial charge in [-0.1, -0.05) is 44.9 Å². The summed E-state index contributed by atoms with van der Waals surface area (Å²) in [5, 5.41) is 3.00. The first-order chi connectivity index (χ1) is 10.8. The van der Waals surface area contributed by atoms with E-state index in [1.165, 1.54) is 0 Å². The second-order valence-electron chi connectivity index (χ2n) is 7.15. The van der Waals surface area contributed by atoms with Crippen molar-refractivity contribution in [2.45, 2.75) is 65.0 Å². The van der Waals surface area contributed by atoms with Crippen molar-refractivity contribution >= 4 is 11.9 Å². The van der Waals surface area contributed by atoms with Gasteiger partial charge in [-0.25, -0.2) is 4.79 Å². The Morgan fingerprint density at radius 1 is 1.26 bits per heavy atom. The molecular weight excluding hydrogens is 290 g/mol. The molecule has 4 heteroatoms. The van der Waals surface area contributed by atoms with Crippen LogP contribution in [0, 0.1) is 5.92 Å². The third-order valence-corrected chi connectivity index (χ3v) is 4.36. The van der Waals surface area contributed by atoms with E-state index in [1.54, 1.807) is 19.1 Å². The number of carbonyl (C=O) groups excluding carboxylic acids is 2. The van der Waals surface area contributed by atoms with E-state index in [4.69, 9.17) is 4.74 Å². The van der Waals surface area contributed by atoms with Crippen molar-refractivity contribution in [3.05, 3.63) is 35.4 Å². The van der Waals surface area contributed by atoms with E-state index in [1.807, 2.05) is 19.1 Å². The van der Waals surface area contributed by atoms with Gasteiger partial charge in [0.15, 0.2) is 5.60 Å². The number of cyclic esters (lactones) is 1. The molecule has 126 valence electrons. The van der Waals surface area contributed by atoms with Gasteiger partial charge in [0, 0.05) is 12.5 Å². The van der Waals surface area contributed by atoms with Crippen LogP contribution in [-0.4, -0.2) is 23.5 Å². The summed E-state index contributed by atoms with van der Waals surface area (Å²) in [5.74, 6) is 0.0422. The predicted molar refractivity (Wildman–Crippen MR) is 90.3 cm³/mol. The number of carbonyl (C=O) groups is 2. The van der Waals surface area contributed by atoms with E-state index in [2.05, 4.69) is 19.2 Å². The number of hydrogen-bond donors (Lipinski definition) is 1. The third-order valence-electron chi connectivity index (χ3n) is 4.36. The lowest BCUT2D eigenvalue weighted by atomic mass is 9.89. The minimum absolute atomic E-state index is 0.0777. The van der Waals surface area contributed by atoms with Crippen LogP contribution in [-0.2, 0) is 16.0 Å². The topological polar surface area (TPSA) is 55.4 Å². The van der Waals surface area contributed by atoms with Gasteiger partial charge >= 0.3 is 5.97 Å². The maximum absolute atomic E-state index is 12.6. The molecular formula is C19H27NO3. The summed E-state index contributed by atoms with van der Waals surface area (Å²) in [4.78, 5) is 24.7. The lowest BCUT2D eigenvalue weighted by molar-refractivity contribution is -0.140. The molecule has 0 aromatic heterocycles. The van der Waals surface area contributed by atoms with Gasteiger partial charge in [0.2, 0.25) is 0 Å². The zero-order valence-electron chi connectivity index (χ0n) is 14.5. The van der Waals surface area contributed by atoms with E-state index in [0.29, 0.717) is 17.9 Å². The Balaban J connectivity index is 1.98. The Hall–Kier alpha value is -1.84.